The number of rotatable bonds is 9. The van der Waals surface area contributed by atoms with Gasteiger partial charge in [0.15, 0.2) is 0 Å². The smallest absolute Gasteiger partial charge is 0.347 e. The van der Waals surface area contributed by atoms with Crippen LogP contribution in [-0.2, 0) is 46.6 Å². The molecule has 1 unspecified atom stereocenters. The normalized spacial score (nSPS) is 19.5. The van der Waals surface area contributed by atoms with Gasteiger partial charge in [-0.25, -0.2) is 14.4 Å². The van der Waals surface area contributed by atoms with Gasteiger partial charge in [0.25, 0.3) is 5.54 Å². The molecule has 0 spiro atoms. The summed E-state index contributed by atoms with van der Waals surface area (Å²) in [7, 11) is 0. The lowest BCUT2D eigenvalue weighted by atomic mass is 9.80. The van der Waals surface area contributed by atoms with E-state index in [2.05, 4.69) is 0 Å². The number of hydrogen-bond donors (Lipinski definition) is 1. The Kier molecular flexibility index (Phi) is 8.85. The van der Waals surface area contributed by atoms with E-state index in [0.29, 0.717) is 11.1 Å². The van der Waals surface area contributed by atoms with Crippen LogP contribution in [0.25, 0.3) is 0 Å². The van der Waals surface area contributed by atoms with Gasteiger partial charge in [0.05, 0.1) is 6.42 Å². The zero-order valence-corrected chi connectivity index (χ0v) is 23.3. The Hall–Kier alpha value is -3.72. The molecule has 2 aromatic carbocycles. The number of nitrogens with zero attached hydrogens (tertiary/aromatic N) is 1. The third-order valence-electron chi connectivity index (χ3n) is 6.48. The standard InChI is InChI=1S/C30H37NO8/c1-20(2)24(25(33)39-28(3,4)5)31-23(32)17-29(6,36)30(31,26(34)37-18-21-13-9-7-10-14-21)27(35)38-19-22-15-11-8-12-16-22/h7-16,20,24,36H,17-19H2,1-6H3/t24-,29?/m1/s1. The molecule has 1 saturated heterocycles. The van der Waals surface area contributed by atoms with Crippen LogP contribution in [0, 0.1) is 5.92 Å². The molecule has 1 aliphatic heterocycles. The molecule has 1 aliphatic rings. The van der Waals surface area contributed by atoms with Crippen LogP contribution in [0.2, 0.25) is 0 Å². The van der Waals surface area contributed by atoms with Crippen molar-refractivity contribution < 1.29 is 38.5 Å². The van der Waals surface area contributed by atoms with E-state index >= 15 is 0 Å². The second-order valence-electron chi connectivity index (χ2n) is 11.3. The molecule has 1 N–H and O–H groups in total. The molecule has 0 saturated carbocycles. The predicted octanol–water partition coefficient (Wildman–Crippen LogP) is 3.56. The van der Waals surface area contributed by atoms with Crippen LogP contribution in [0.5, 0.6) is 0 Å². The first-order valence-electron chi connectivity index (χ1n) is 12.9. The number of hydrogen-bond acceptors (Lipinski definition) is 8. The average Bonchev–Trinajstić information content (AvgIpc) is 3.06. The molecule has 1 fully saturated rings. The van der Waals surface area contributed by atoms with Crippen molar-refractivity contribution in [2.24, 2.45) is 5.92 Å². The molecule has 0 radical (unpaired) electrons. The molecule has 0 bridgehead atoms. The van der Waals surface area contributed by atoms with Crippen molar-refractivity contribution in [1.82, 2.24) is 4.90 Å². The van der Waals surface area contributed by atoms with Gasteiger partial charge in [-0.2, -0.15) is 0 Å². The lowest BCUT2D eigenvalue weighted by molar-refractivity contribution is -0.197. The van der Waals surface area contributed by atoms with Crippen molar-refractivity contribution in [2.75, 3.05) is 0 Å². The second kappa shape index (κ2) is 11.6. The average molecular weight is 540 g/mol. The van der Waals surface area contributed by atoms with Crippen molar-refractivity contribution >= 4 is 23.8 Å². The van der Waals surface area contributed by atoms with Gasteiger partial charge < -0.3 is 24.2 Å². The highest BCUT2D eigenvalue weighted by molar-refractivity contribution is 6.13. The third-order valence-corrected chi connectivity index (χ3v) is 6.48. The Morgan fingerprint density at radius 1 is 0.897 bits per heavy atom. The van der Waals surface area contributed by atoms with E-state index in [1.165, 1.54) is 6.92 Å². The van der Waals surface area contributed by atoms with Gasteiger partial charge in [0.2, 0.25) is 5.91 Å². The zero-order chi connectivity index (χ0) is 29.0. The fourth-order valence-corrected chi connectivity index (χ4v) is 4.73. The molecule has 1 amide bonds. The Balaban J connectivity index is 2.11. The fourth-order valence-electron chi connectivity index (χ4n) is 4.73. The third kappa shape index (κ3) is 6.30. The first kappa shape index (κ1) is 29.8. The van der Waals surface area contributed by atoms with Crippen LogP contribution in [0.4, 0.5) is 0 Å². The molecule has 3 rings (SSSR count). The highest BCUT2D eigenvalue weighted by atomic mass is 16.6. The van der Waals surface area contributed by atoms with Gasteiger partial charge >= 0.3 is 17.9 Å². The van der Waals surface area contributed by atoms with Gasteiger partial charge in [0, 0.05) is 0 Å². The van der Waals surface area contributed by atoms with Crippen LogP contribution in [0.3, 0.4) is 0 Å². The Bertz CT molecular complexity index is 1130. The minimum atomic E-state index is -2.67. The van der Waals surface area contributed by atoms with Crippen LogP contribution in [0.15, 0.2) is 60.7 Å². The van der Waals surface area contributed by atoms with Crippen LogP contribution < -0.4 is 0 Å². The van der Waals surface area contributed by atoms with E-state index in [-0.39, 0.29) is 13.2 Å². The van der Waals surface area contributed by atoms with Crippen LogP contribution >= 0.6 is 0 Å². The van der Waals surface area contributed by atoms with E-state index in [1.54, 1.807) is 95.3 Å². The number of esters is 3. The predicted molar refractivity (Wildman–Crippen MR) is 142 cm³/mol. The van der Waals surface area contributed by atoms with E-state index in [0.717, 1.165) is 4.90 Å². The summed E-state index contributed by atoms with van der Waals surface area (Å²) in [6.07, 6.45) is -0.611. The van der Waals surface area contributed by atoms with Gasteiger partial charge in [0.1, 0.15) is 30.5 Å². The van der Waals surface area contributed by atoms with E-state index < -0.39 is 58.9 Å². The largest absolute Gasteiger partial charge is 0.459 e. The summed E-state index contributed by atoms with van der Waals surface area (Å²) in [5, 5.41) is 11.6. The van der Waals surface area contributed by atoms with Crippen molar-refractivity contribution in [2.45, 2.75) is 84.0 Å². The zero-order valence-electron chi connectivity index (χ0n) is 23.3. The van der Waals surface area contributed by atoms with Crippen molar-refractivity contribution in [1.29, 1.82) is 0 Å². The van der Waals surface area contributed by atoms with E-state index in [9.17, 15) is 24.3 Å². The van der Waals surface area contributed by atoms with Crippen molar-refractivity contribution in [3.05, 3.63) is 71.8 Å². The number of amides is 1. The van der Waals surface area contributed by atoms with Crippen molar-refractivity contribution in [3.8, 4) is 0 Å². The fraction of sp³-hybridized carbons (Fsp3) is 0.467. The molecule has 9 heteroatoms. The number of aliphatic hydroxyl groups is 1. The molecule has 39 heavy (non-hydrogen) atoms. The molecule has 210 valence electrons. The van der Waals surface area contributed by atoms with Gasteiger partial charge in [-0.05, 0) is 44.7 Å². The second-order valence-corrected chi connectivity index (χ2v) is 11.3. The Morgan fingerprint density at radius 3 is 1.72 bits per heavy atom. The summed E-state index contributed by atoms with van der Waals surface area (Å²) in [4.78, 5) is 55.7. The molecule has 0 aromatic heterocycles. The maximum Gasteiger partial charge on any atom is 0.347 e. The number of ether oxygens (including phenoxy) is 3. The molecule has 9 nitrogen and oxygen atoms in total. The monoisotopic (exact) mass is 539 g/mol. The minimum Gasteiger partial charge on any atom is -0.459 e. The summed E-state index contributed by atoms with van der Waals surface area (Å²) in [6, 6.07) is 16.1. The highest BCUT2D eigenvalue weighted by Crippen LogP contribution is 2.44. The molecular formula is C30H37NO8. The molecule has 2 atom stereocenters. The van der Waals surface area contributed by atoms with Gasteiger partial charge in [-0.15, -0.1) is 0 Å². The first-order chi connectivity index (χ1) is 18.2. The quantitative estimate of drug-likeness (QED) is 0.292. The topological polar surface area (TPSA) is 119 Å². The van der Waals surface area contributed by atoms with Crippen LogP contribution in [-0.4, -0.2) is 56.6 Å². The lowest BCUT2D eigenvalue weighted by Crippen LogP contribution is -2.72. The van der Waals surface area contributed by atoms with E-state index in [4.69, 9.17) is 14.2 Å². The highest BCUT2D eigenvalue weighted by Gasteiger charge is 2.74. The summed E-state index contributed by atoms with van der Waals surface area (Å²) < 4.78 is 16.7. The van der Waals surface area contributed by atoms with Crippen molar-refractivity contribution in [3.63, 3.8) is 0 Å². The first-order valence-corrected chi connectivity index (χ1v) is 12.9. The SMILES string of the molecule is CC(C)[C@H](C(=O)OC(C)(C)C)N1C(=O)CC(C)(O)C1(C(=O)OCc1ccccc1)C(=O)OCc1ccccc1. The summed E-state index contributed by atoms with van der Waals surface area (Å²) in [5.41, 5.74) is -4.59. The number of likely N-dealkylation sites (tertiary alicyclic amines) is 1. The molecular weight excluding hydrogens is 502 g/mol. The minimum absolute atomic E-state index is 0.232. The Labute approximate surface area is 229 Å². The number of benzene rings is 2. The van der Waals surface area contributed by atoms with Gasteiger partial charge in [-0.1, -0.05) is 74.5 Å². The molecule has 1 heterocycles. The maximum absolute atomic E-state index is 14.0. The molecule has 0 aliphatic carbocycles. The Morgan fingerprint density at radius 2 is 1.33 bits per heavy atom. The van der Waals surface area contributed by atoms with E-state index in [1.807, 2.05) is 0 Å². The van der Waals surface area contributed by atoms with Crippen LogP contribution in [0.1, 0.15) is 59.1 Å². The number of carbonyl (C=O) groups is 4. The summed E-state index contributed by atoms with van der Waals surface area (Å²) >= 11 is 0. The summed E-state index contributed by atoms with van der Waals surface area (Å²) in [6.45, 7) is 9.05. The lowest BCUT2D eigenvalue weighted by Gasteiger charge is -2.44. The van der Waals surface area contributed by atoms with Gasteiger partial charge in [-0.3, -0.25) is 4.79 Å². The maximum atomic E-state index is 14.0. The summed E-state index contributed by atoms with van der Waals surface area (Å²) in [5.74, 6) is -4.60. The molecule has 2 aromatic rings. The number of carbonyl (C=O) groups excluding carboxylic acids is 4.